The van der Waals surface area contributed by atoms with Gasteiger partial charge in [-0.3, -0.25) is 9.36 Å². The van der Waals surface area contributed by atoms with Crippen molar-refractivity contribution in [2.75, 3.05) is 0 Å². The molecule has 0 aliphatic heterocycles. The third-order valence-corrected chi connectivity index (χ3v) is 5.03. The van der Waals surface area contributed by atoms with Crippen LogP contribution in [0.25, 0.3) is 16.7 Å². The lowest BCUT2D eigenvalue weighted by molar-refractivity contribution is 0.0929. The number of para-hydroxylation sites is 1. The average Bonchev–Trinajstić information content (AvgIpc) is 3.22. The molecular weight excluding hydrogens is 328 g/mol. The fourth-order valence-electron chi connectivity index (χ4n) is 3.65. The Morgan fingerprint density at radius 3 is 2.85 bits per heavy atom. The van der Waals surface area contributed by atoms with Crippen LogP contribution < -0.4 is 5.32 Å². The number of imidazole rings is 1. The van der Waals surface area contributed by atoms with Gasteiger partial charge in [-0.25, -0.2) is 9.97 Å². The molecule has 0 spiro atoms. The van der Waals surface area contributed by atoms with Crippen LogP contribution in [-0.2, 0) is 6.61 Å². The Balaban J connectivity index is 1.79. The van der Waals surface area contributed by atoms with Crippen LogP contribution in [0.3, 0.4) is 0 Å². The molecule has 1 fully saturated rings. The zero-order valence-corrected chi connectivity index (χ0v) is 14.6. The highest BCUT2D eigenvalue weighted by Crippen LogP contribution is 2.25. The van der Waals surface area contributed by atoms with Crippen LogP contribution >= 0.6 is 0 Å². The van der Waals surface area contributed by atoms with E-state index in [-0.39, 0.29) is 18.6 Å². The van der Waals surface area contributed by atoms with E-state index < -0.39 is 0 Å². The van der Waals surface area contributed by atoms with Gasteiger partial charge in [0.15, 0.2) is 0 Å². The highest BCUT2D eigenvalue weighted by Gasteiger charge is 2.20. The SMILES string of the molecule is O=C(NC1CCCCC1)c1cc(-n2ccnc2)nc2c(CO)cccc12. The predicted octanol–water partition coefficient (Wildman–Crippen LogP) is 2.98. The van der Waals surface area contributed by atoms with Crippen molar-refractivity contribution < 1.29 is 9.90 Å². The van der Waals surface area contributed by atoms with Gasteiger partial charge in [0.2, 0.25) is 0 Å². The molecule has 1 aliphatic carbocycles. The van der Waals surface area contributed by atoms with E-state index in [9.17, 15) is 9.90 Å². The zero-order valence-electron chi connectivity index (χ0n) is 14.6. The van der Waals surface area contributed by atoms with Crippen LogP contribution in [0.15, 0.2) is 43.0 Å². The number of pyridine rings is 1. The van der Waals surface area contributed by atoms with Crippen molar-refractivity contribution >= 4 is 16.8 Å². The van der Waals surface area contributed by atoms with Crippen LogP contribution in [0.4, 0.5) is 0 Å². The van der Waals surface area contributed by atoms with Gasteiger partial charge in [-0.15, -0.1) is 0 Å². The van der Waals surface area contributed by atoms with Crippen LogP contribution in [-0.4, -0.2) is 31.6 Å². The largest absolute Gasteiger partial charge is 0.392 e. The number of aromatic nitrogens is 3. The molecular formula is C20H22N4O2. The maximum atomic E-state index is 13.0. The molecule has 0 saturated heterocycles. The Kier molecular flexibility index (Phi) is 4.67. The number of nitrogens with zero attached hydrogens (tertiary/aromatic N) is 3. The van der Waals surface area contributed by atoms with E-state index in [2.05, 4.69) is 15.3 Å². The Labute approximate surface area is 151 Å². The molecule has 1 amide bonds. The summed E-state index contributed by atoms with van der Waals surface area (Å²) in [5.41, 5.74) is 1.94. The van der Waals surface area contributed by atoms with Gasteiger partial charge in [0, 0.05) is 29.4 Å². The van der Waals surface area contributed by atoms with E-state index in [4.69, 9.17) is 0 Å². The van der Waals surface area contributed by atoms with Crippen LogP contribution in [0, 0.1) is 0 Å². The fraction of sp³-hybridized carbons (Fsp3) is 0.350. The first-order valence-corrected chi connectivity index (χ1v) is 9.09. The summed E-state index contributed by atoms with van der Waals surface area (Å²) in [6.45, 7) is -0.124. The monoisotopic (exact) mass is 350 g/mol. The first-order valence-electron chi connectivity index (χ1n) is 9.09. The minimum Gasteiger partial charge on any atom is -0.392 e. The number of amides is 1. The number of nitrogens with one attached hydrogen (secondary N) is 1. The number of benzene rings is 1. The van der Waals surface area contributed by atoms with E-state index in [1.54, 1.807) is 29.4 Å². The number of aliphatic hydroxyl groups is 1. The van der Waals surface area contributed by atoms with E-state index in [1.165, 1.54) is 6.42 Å². The number of rotatable bonds is 4. The van der Waals surface area contributed by atoms with E-state index >= 15 is 0 Å². The first kappa shape index (κ1) is 16.7. The Morgan fingerprint density at radius 1 is 1.27 bits per heavy atom. The lowest BCUT2D eigenvalue weighted by atomic mass is 9.95. The predicted molar refractivity (Wildman–Crippen MR) is 99.1 cm³/mol. The van der Waals surface area contributed by atoms with E-state index in [0.29, 0.717) is 22.5 Å². The second-order valence-corrected chi connectivity index (χ2v) is 6.78. The molecule has 4 rings (SSSR count). The second kappa shape index (κ2) is 7.25. The third-order valence-electron chi connectivity index (χ3n) is 5.03. The number of fused-ring (bicyclic) bond motifs is 1. The molecule has 2 aromatic heterocycles. The summed E-state index contributed by atoms with van der Waals surface area (Å²) < 4.78 is 1.77. The van der Waals surface area contributed by atoms with Crippen molar-refractivity contribution in [3.05, 3.63) is 54.1 Å². The molecule has 0 bridgehead atoms. The molecule has 0 unspecified atom stereocenters. The Morgan fingerprint density at radius 2 is 2.12 bits per heavy atom. The van der Waals surface area contributed by atoms with E-state index in [0.717, 1.165) is 31.1 Å². The summed E-state index contributed by atoms with van der Waals surface area (Å²) in [5, 5.41) is 13.6. The van der Waals surface area contributed by atoms with Gasteiger partial charge in [0.1, 0.15) is 12.1 Å². The van der Waals surface area contributed by atoms with Crippen molar-refractivity contribution in [1.29, 1.82) is 0 Å². The number of hydrogen-bond donors (Lipinski definition) is 2. The molecule has 0 atom stereocenters. The van der Waals surface area contributed by atoms with E-state index in [1.807, 2.05) is 18.2 Å². The van der Waals surface area contributed by atoms with Crippen LogP contribution in [0.5, 0.6) is 0 Å². The molecule has 6 heteroatoms. The van der Waals surface area contributed by atoms with Gasteiger partial charge in [0.05, 0.1) is 17.7 Å². The minimum atomic E-state index is -0.124. The van der Waals surface area contributed by atoms with Crippen molar-refractivity contribution in [2.45, 2.75) is 44.8 Å². The quantitative estimate of drug-likeness (QED) is 0.758. The molecule has 6 nitrogen and oxygen atoms in total. The maximum Gasteiger partial charge on any atom is 0.252 e. The lowest BCUT2D eigenvalue weighted by Crippen LogP contribution is -2.36. The topological polar surface area (TPSA) is 80.0 Å². The minimum absolute atomic E-state index is 0.0826. The number of carbonyl (C=O) groups excluding carboxylic acids is 1. The van der Waals surface area contributed by atoms with Crippen molar-refractivity contribution in [1.82, 2.24) is 19.9 Å². The third kappa shape index (κ3) is 3.20. The molecule has 2 heterocycles. The van der Waals surface area contributed by atoms with Gasteiger partial charge < -0.3 is 10.4 Å². The Bertz CT molecular complexity index is 915. The maximum absolute atomic E-state index is 13.0. The van der Waals surface area contributed by atoms with Gasteiger partial charge >= 0.3 is 0 Å². The van der Waals surface area contributed by atoms with Crippen molar-refractivity contribution in [2.24, 2.45) is 0 Å². The summed E-state index contributed by atoms with van der Waals surface area (Å²) in [7, 11) is 0. The Hall–Kier alpha value is -2.73. The molecule has 1 saturated carbocycles. The molecule has 1 aliphatic rings. The van der Waals surface area contributed by atoms with Crippen LogP contribution in [0.1, 0.15) is 48.0 Å². The highest BCUT2D eigenvalue weighted by atomic mass is 16.3. The smallest absolute Gasteiger partial charge is 0.252 e. The zero-order chi connectivity index (χ0) is 17.9. The van der Waals surface area contributed by atoms with Crippen molar-refractivity contribution in [3.63, 3.8) is 0 Å². The number of hydrogen-bond acceptors (Lipinski definition) is 4. The molecule has 134 valence electrons. The fourth-order valence-corrected chi connectivity index (χ4v) is 3.65. The molecule has 26 heavy (non-hydrogen) atoms. The summed E-state index contributed by atoms with van der Waals surface area (Å²) in [6.07, 6.45) is 10.8. The molecule has 3 aromatic rings. The standard InChI is InChI=1S/C20H22N4O2/c25-12-14-5-4-8-16-17(20(26)22-15-6-2-1-3-7-15)11-18(23-19(14)16)24-10-9-21-13-24/h4-5,8-11,13,15,25H,1-3,6-7,12H2,(H,22,26). The van der Waals surface area contributed by atoms with Gasteiger partial charge in [0.25, 0.3) is 5.91 Å². The van der Waals surface area contributed by atoms with Crippen LogP contribution in [0.2, 0.25) is 0 Å². The molecule has 0 radical (unpaired) electrons. The summed E-state index contributed by atoms with van der Waals surface area (Å²) in [5.74, 6) is 0.533. The van der Waals surface area contributed by atoms with Gasteiger partial charge in [-0.05, 0) is 18.9 Å². The summed E-state index contributed by atoms with van der Waals surface area (Å²) >= 11 is 0. The number of carbonyl (C=O) groups is 1. The normalized spacial score (nSPS) is 15.3. The second-order valence-electron chi connectivity index (χ2n) is 6.78. The first-order chi connectivity index (χ1) is 12.8. The van der Waals surface area contributed by atoms with Crippen molar-refractivity contribution in [3.8, 4) is 5.82 Å². The van der Waals surface area contributed by atoms with Gasteiger partial charge in [-0.2, -0.15) is 0 Å². The average molecular weight is 350 g/mol. The molecule has 2 N–H and O–H groups in total. The lowest BCUT2D eigenvalue weighted by Gasteiger charge is -2.23. The highest BCUT2D eigenvalue weighted by molar-refractivity contribution is 6.07. The molecule has 1 aromatic carbocycles. The summed E-state index contributed by atoms with van der Waals surface area (Å²) in [4.78, 5) is 21.7. The number of aliphatic hydroxyl groups excluding tert-OH is 1. The van der Waals surface area contributed by atoms with Gasteiger partial charge in [-0.1, -0.05) is 37.5 Å². The summed E-state index contributed by atoms with van der Waals surface area (Å²) in [6, 6.07) is 7.59.